The monoisotopic (exact) mass is 205 g/mol. The lowest BCUT2D eigenvalue weighted by Crippen LogP contribution is -2.15. The van der Waals surface area contributed by atoms with E-state index in [2.05, 4.69) is 0 Å². The van der Waals surface area contributed by atoms with E-state index in [1.165, 1.54) is 10.6 Å². The second kappa shape index (κ2) is 3.31. The number of aromatic hydroxyl groups is 1. The molecule has 15 heavy (non-hydrogen) atoms. The van der Waals surface area contributed by atoms with Crippen molar-refractivity contribution in [2.24, 2.45) is 7.05 Å². The van der Waals surface area contributed by atoms with E-state index < -0.39 is 0 Å². The Morgan fingerprint density at radius 3 is 2.73 bits per heavy atom. The average Bonchev–Trinajstić information content (AvgIpc) is 2.25. The van der Waals surface area contributed by atoms with Crippen LogP contribution in [0.15, 0.2) is 29.1 Å². The molecule has 78 valence electrons. The number of ether oxygens (including phenoxy) is 1. The number of methoxy groups -OCH3 is 1. The van der Waals surface area contributed by atoms with E-state index in [0.29, 0.717) is 16.7 Å². The largest absolute Gasteiger partial charge is 0.507 e. The molecule has 1 aromatic carbocycles. The van der Waals surface area contributed by atoms with Crippen molar-refractivity contribution in [1.29, 1.82) is 0 Å². The van der Waals surface area contributed by atoms with Gasteiger partial charge in [-0.1, -0.05) is 0 Å². The third kappa shape index (κ3) is 1.44. The van der Waals surface area contributed by atoms with Crippen LogP contribution in [-0.4, -0.2) is 16.8 Å². The molecular formula is C11H11NO3. The normalized spacial score (nSPS) is 10.5. The molecule has 1 N–H and O–H groups in total. The fraction of sp³-hybridized carbons (Fsp3) is 0.182. The van der Waals surface area contributed by atoms with Gasteiger partial charge in [0.1, 0.15) is 11.5 Å². The molecule has 2 aromatic rings. The van der Waals surface area contributed by atoms with Gasteiger partial charge in [0, 0.05) is 24.6 Å². The Morgan fingerprint density at radius 2 is 2.07 bits per heavy atom. The van der Waals surface area contributed by atoms with E-state index in [1.807, 2.05) is 0 Å². The maximum absolute atomic E-state index is 11.4. The zero-order valence-corrected chi connectivity index (χ0v) is 8.52. The molecular weight excluding hydrogens is 194 g/mol. The maximum atomic E-state index is 11.4. The Hall–Kier alpha value is -1.97. The summed E-state index contributed by atoms with van der Waals surface area (Å²) in [6, 6.07) is 6.39. The Kier molecular flexibility index (Phi) is 2.11. The lowest BCUT2D eigenvalue weighted by atomic mass is 10.2. The molecule has 0 atom stereocenters. The first-order chi connectivity index (χ1) is 7.13. The number of fused-ring (bicyclic) bond motifs is 1. The zero-order valence-electron chi connectivity index (χ0n) is 8.52. The van der Waals surface area contributed by atoms with Crippen molar-refractivity contribution >= 4 is 10.9 Å². The molecule has 0 radical (unpaired) electrons. The fourth-order valence-electron chi connectivity index (χ4n) is 1.54. The molecule has 2 rings (SSSR count). The van der Waals surface area contributed by atoms with Crippen molar-refractivity contribution in [3.8, 4) is 11.5 Å². The van der Waals surface area contributed by atoms with Crippen LogP contribution in [-0.2, 0) is 7.05 Å². The van der Waals surface area contributed by atoms with Gasteiger partial charge in [-0.05, 0) is 12.1 Å². The van der Waals surface area contributed by atoms with Crippen molar-refractivity contribution in [2.45, 2.75) is 0 Å². The first kappa shape index (κ1) is 9.58. The average molecular weight is 205 g/mol. The fourth-order valence-corrected chi connectivity index (χ4v) is 1.54. The molecule has 1 aromatic heterocycles. The van der Waals surface area contributed by atoms with E-state index in [1.54, 1.807) is 32.4 Å². The van der Waals surface area contributed by atoms with Crippen molar-refractivity contribution in [3.63, 3.8) is 0 Å². The van der Waals surface area contributed by atoms with E-state index in [0.717, 1.165) is 0 Å². The summed E-state index contributed by atoms with van der Waals surface area (Å²) in [7, 11) is 3.21. The van der Waals surface area contributed by atoms with Gasteiger partial charge in [0.2, 0.25) is 0 Å². The van der Waals surface area contributed by atoms with Gasteiger partial charge in [-0.15, -0.1) is 0 Å². The molecule has 0 aliphatic heterocycles. The smallest absolute Gasteiger partial charge is 0.254 e. The predicted octanol–water partition coefficient (Wildman–Crippen LogP) is 1.25. The minimum absolute atomic E-state index is 0.00393. The highest BCUT2D eigenvalue weighted by Gasteiger charge is 2.06. The van der Waals surface area contributed by atoms with Crippen LogP contribution in [0, 0.1) is 0 Å². The Balaban J connectivity index is 2.91. The maximum Gasteiger partial charge on any atom is 0.254 e. The van der Waals surface area contributed by atoms with Crippen LogP contribution in [0.2, 0.25) is 0 Å². The third-order valence-corrected chi connectivity index (χ3v) is 2.43. The van der Waals surface area contributed by atoms with Crippen LogP contribution in [0.1, 0.15) is 0 Å². The first-order valence-electron chi connectivity index (χ1n) is 4.50. The number of rotatable bonds is 1. The molecule has 0 aliphatic rings. The van der Waals surface area contributed by atoms with Gasteiger partial charge in [-0.25, -0.2) is 0 Å². The SMILES string of the molecule is COc1ccc2c(O)cc(=O)n(C)c2c1. The number of hydrogen-bond donors (Lipinski definition) is 1. The molecule has 0 saturated carbocycles. The van der Waals surface area contributed by atoms with E-state index >= 15 is 0 Å². The summed E-state index contributed by atoms with van der Waals surface area (Å²) < 4.78 is 6.53. The molecule has 0 fully saturated rings. The summed E-state index contributed by atoms with van der Waals surface area (Å²) in [4.78, 5) is 11.4. The van der Waals surface area contributed by atoms with Crippen molar-refractivity contribution in [3.05, 3.63) is 34.6 Å². The highest BCUT2D eigenvalue weighted by molar-refractivity contribution is 5.86. The first-order valence-corrected chi connectivity index (χ1v) is 4.50. The summed E-state index contributed by atoms with van der Waals surface area (Å²) in [6.07, 6.45) is 0. The third-order valence-electron chi connectivity index (χ3n) is 2.43. The molecule has 0 aliphatic carbocycles. The molecule has 0 saturated heterocycles. The second-order valence-corrected chi connectivity index (χ2v) is 3.31. The summed E-state index contributed by atoms with van der Waals surface area (Å²) >= 11 is 0. The number of aryl methyl sites for hydroxylation is 1. The Bertz CT molecular complexity index is 572. The second-order valence-electron chi connectivity index (χ2n) is 3.31. The van der Waals surface area contributed by atoms with Crippen molar-refractivity contribution < 1.29 is 9.84 Å². The highest BCUT2D eigenvalue weighted by atomic mass is 16.5. The van der Waals surface area contributed by atoms with Gasteiger partial charge in [0.25, 0.3) is 5.56 Å². The van der Waals surface area contributed by atoms with Gasteiger partial charge in [0.05, 0.1) is 12.6 Å². The quantitative estimate of drug-likeness (QED) is 0.762. The van der Waals surface area contributed by atoms with Crippen LogP contribution in [0.4, 0.5) is 0 Å². The minimum atomic E-state index is -0.242. The number of hydrogen-bond acceptors (Lipinski definition) is 3. The Labute approximate surface area is 86.3 Å². The van der Waals surface area contributed by atoms with E-state index in [-0.39, 0.29) is 11.3 Å². The van der Waals surface area contributed by atoms with Gasteiger partial charge in [0.15, 0.2) is 0 Å². The van der Waals surface area contributed by atoms with Crippen LogP contribution in [0.25, 0.3) is 10.9 Å². The summed E-state index contributed by atoms with van der Waals surface area (Å²) in [5, 5.41) is 10.2. The molecule has 1 heterocycles. The molecule has 4 nitrogen and oxygen atoms in total. The van der Waals surface area contributed by atoms with Crippen LogP contribution in [0.5, 0.6) is 11.5 Å². The zero-order chi connectivity index (χ0) is 11.0. The summed E-state index contributed by atoms with van der Waals surface area (Å²) in [6.45, 7) is 0. The van der Waals surface area contributed by atoms with Gasteiger partial charge in [-0.2, -0.15) is 0 Å². The standard InChI is InChI=1S/C11H11NO3/c1-12-9-5-7(15-2)3-4-8(9)10(13)6-11(12)14/h3-6,13H,1-2H3. The van der Waals surface area contributed by atoms with Crippen molar-refractivity contribution in [1.82, 2.24) is 4.57 Å². The lowest BCUT2D eigenvalue weighted by Gasteiger charge is -2.07. The Morgan fingerprint density at radius 1 is 1.33 bits per heavy atom. The topological polar surface area (TPSA) is 51.5 Å². The molecule has 0 spiro atoms. The van der Waals surface area contributed by atoms with Gasteiger partial charge < -0.3 is 14.4 Å². The number of nitrogens with zero attached hydrogens (tertiary/aromatic N) is 1. The van der Waals surface area contributed by atoms with E-state index in [9.17, 15) is 9.90 Å². The van der Waals surface area contributed by atoms with Crippen LogP contribution >= 0.6 is 0 Å². The summed E-state index contributed by atoms with van der Waals surface area (Å²) in [5.74, 6) is 0.652. The molecule has 0 bridgehead atoms. The highest BCUT2D eigenvalue weighted by Crippen LogP contribution is 2.25. The number of aromatic nitrogens is 1. The van der Waals surface area contributed by atoms with Crippen molar-refractivity contribution in [2.75, 3.05) is 7.11 Å². The minimum Gasteiger partial charge on any atom is -0.507 e. The van der Waals surface area contributed by atoms with E-state index in [4.69, 9.17) is 4.74 Å². The molecule has 0 amide bonds. The van der Waals surface area contributed by atoms with Crippen LogP contribution in [0.3, 0.4) is 0 Å². The lowest BCUT2D eigenvalue weighted by molar-refractivity contribution is 0.415. The number of pyridine rings is 1. The molecule has 4 heteroatoms. The molecule has 0 unspecified atom stereocenters. The summed E-state index contributed by atoms with van der Waals surface area (Å²) in [5.41, 5.74) is 0.410. The van der Waals surface area contributed by atoms with Gasteiger partial charge in [-0.3, -0.25) is 4.79 Å². The van der Waals surface area contributed by atoms with Crippen LogP contribution < -0.4 is 10.3 Å². The van der Waals surface area contributed by atoms with Gasteiger partial charge >= 0.3 is 0 Å². The number of benzene rings is 1. The predicted molar refractivity (Wildman–Crippen MR) is 57.4 cm³/mol.